The SMILES string of the molecule is CCN1CCCC1CN(C)C(C)C(N)=O. The van der Waals surface area contributed by atoms with Crippen LogP contribution < -0.4 is 5.73 Å². The van der Waals surface area contributed by atoms with Crippen molar-refractivity contribution in [2.75, 3.05) is 26.7 Å². The maximum atomic E-state index is 11.0. The molecule has 15 heavy (non-hydrogen) atoms. The quantitative estimate of drug-likeness (QED) is 0.713. The lowest BCUT2D eigenvalue weighted by Gasteiger charge is -2.30. The molecular weight excluding hydrogens is 190 g/mol. The molecule has 2 atom stereocenters. The van der Waals surface area contributed by atoms with E-state index in [0.29, 0.717) is 6.04 Å². The van der Waals surface area contributed by atoms with Gasteiger partial charge in [-0.3, -0.25) is 14.6 Å². The maximum absolute atomic E-state index is 11.0. The largest absolute Gasteiger partial charge is 0.368 e. The zero-order chi connectivity index (χ0) is 11.4. The molecule has 0 saturated carbocycles. The lowest BCUT2D eigenvalue weighted by atomic mass is 10.2. The van der Waals surface area contributed by atoms with Crippen LogP contribution in [-0.4, -0.2) is 54.5 Å². The fourth-order valence-electron chi connectivity index (χ4n) is 2.23. The van der Waals surface area contributed by atoms with Crippen molar-refractivity contribution in [1.29, 1.82) is 0 Å². The number of hydrogen-bond donors (Lipinski definition) is 1. The van der Waals surface area contributed by atoms with Gasteiger partial charge in [0.15, 0.2) is 0 Å². The molecule has 2 unspecified atom stereocenters. The van der Waals surface area contributed by atoms with Crippen molar-refractivity contribution in [2.45, 2.75) is 38.8 Å². The minimum atomic E-state index is -0.237. The molecule has 88 valence electrons. The zero-order valence-electron chi connectivity index (χ0n) is 10.1. The molecule has 1 saturated heterocycles. The number of carbonyl (C=O) groups excluding carboxylic acids is 1. The van der Waals surface area contributed by atoms with Gasteiger partial charge in [0.1, 0.15) is 0 Å². The molecular formula is C11H23N3O. The second-order valence-electron chi connectivity index (χ2n) is 4.44. The summed E-state index contributed by atoms with van der Waals surface area (Å²) in [6.07, 6.45) is 2.51. The van der Waals surface area contributed by atoms with Crippen LogP contribution in [0, 0.1) is 0 Å². The normalized spacial score (nSPS) is 24.7. The summed E-state index contributed by atoms with van der Waals surface area (Å²) >= 11 is 0. The minimum absolute atomic E-state index is 0.163. The van der Waals surface area contributed by atoms with Crippen LogP contribution in [-0.2, 0) is 4.79 Å². The molecule has 4 heteroatoms. The number of likely N-dealkylation sites (N-methyl/N-ethyl adjacent to an activating group) is 2. The first-order valence-electron chi connectivity index (χ1n) is 5.79. The molecule has 0 aromatic rings. The second kappa shape index (κ2) is 5.47. The number of nitrogens with two attached hydrogens (primary N) is 1. The highest BCUT2D eigenvalue weighted by molar-refractivity contribution is 5.79. The average Bonchev–Trinajstić information content (AvgIpc) is 2.63. The van der Waals surface area contributed by atoms with Gasteiger partial charge < -0.3 is 5.73 Å². The van der Waals surface area contributed by atoms with Gasteiger partial charge in [0.2, 0.25) is 5.91 Å². The van der Waals surface area contributed by atoms with E-state index in [4.69, 9.17) is 5.73 Å². The molecule has 0 aromatic heterocycles. The smallest absolute Gasteiger partial charge is 0.234 e. The second-order valence-corrected chi connectivity index (χ2v) is 4.44. The first-order chi connectivity index (χ1) is 7.06. The van der Waals surface area contributed by atoms with Crippen LogP contribution in [0.3, 0.4) is 0 Å². The molecule has 0 aromatic carbocycles. The van der Waals surface area contributed by atoms with Crippen LogP contribution in [0.2, 0.25) is 0 Å². The Morgan fingerprint density at radius 3 is 2.87 bits per heavy atom. The Kier molecular flexibility index (Phi) is 4.54. The summed E-state index contributed by atoms with van der Waals surface area (Å²) in [5.74, 6) is -0.237. The summed E-state index contributed by atoms with van der Waals surface area (Å²) < 4.78 is 0. The monoisotopic (exact) mass is 213 g/mol. The van der Waals surface area contributed by atoms with Crippen LogP contribution in [0.4, 0.5) is 0 Å². The molecule has 0 spiro atoms. The van der Waals surface area contributed by atoms with Crippen LogP contribution in [0.5, 0.6) is 0 Å². The Bertz CT molecular complexity index is 220. The standard InChI is InChI=1S/C11H23N3O/c1-4-14-7-5-6-10(14)8-13(3)9(2)11(12)15/h9-10H,4-8H2,1-3H3,(H2,12,15). The van der Waals surface area contributed by atoms with Crippen LogP contribution in [0.25, 0.3) is 0 Å². The molecule has 2 N–H and O–H groups in total. The van der Waals surface area contributed by atoms with Crippen molar-refractivity contribution in [1.82, 2.24) is 9.80 Å². The Balaban J connectivity index is 2.43. The topological polar surface area (TPSA) is 49.6 Å². The van der Waals surface area contributed by atoms with E-state index in [1.807, 2.05) is 14.0 Å². The fourth-order valence-corrected chi connectivity index (χ4v) is 2.23. The van der Waals surface area contributed by atoms with Gasteiger partial charge >= 0.3 is 0 Å². The molecule has 0 bridgehead atoms. The van der Waals surface area contributed by atoms with E-state index >= 15 is 0 Å². The highest BCUT2D eigenvalue weighted by Gasteiger charge is 2.26. The molecule has 1 fully saturated rings. The number of hydrogen-bond acceptors (Lipinski definition) is 3. The molecule has 1 aliphatic rings. The van der Waals surface area contributed by atoms with Crippen molar-refractivity contribution in [3.05, 3.63) is 0 Å². The van der Waals surface area contributed by atoms with Gasteiger partial charge in [-0.1, -0.05) is 6.92 Å². The molecule has 1 amide bonds. The zero-order valence-corrected chi connectivity index (χ0v) is 10.1. The number of likely N-dealkylation sites (tertiary alicyclic amines) is 1. The van der Waals surface area contributed by atoms with E-state index in [1.54, 1.807) is 0 Å². The minimum Gasteiger partial charge on any atom is -0.368 e. The summed E-state index contributed by atoms with van der Waals surface area (Å²) in [5.41, 5.74) is 5.28. The number of rotatable bonds is 5. The van der Waals surface area contributed by atoms with E-state index in [9.17, 15) is 4.79 Å². The Hall–Kier alpha value is -0.610. The highest BCUT2D eigenvalue weighted by atomic mass is 16.1. The van der Waals surface area contributed by atoms with Crippen molar-refractivity contribution in [3.8, 4) is 0 Å². The number of carbonyl (C=O) groups is 1. The van der Waals surface area contributed by atoms with E-state index in [0.717, 1.165) is 13.1 Å². The lowest BCUT2D eigenvalue weighted by Crippen LogP contribution is -2.46. The Morgan fingerprint density at radius 1 is 1.67 bits per heavy atom. The van der Waals surface area contributed by atoms with Crippen molar-refractivity contribution < 1.29 is 4.79 Å². The lowest BCUT2D eigenvalue weighted by molar-refractivity contribution is -0.122. The molecule has 1 aliphatic heterocycles. The van der Waals surface area contributed by atoms with Crippen LogP contribution in [0.15, 0.2) is 0 Å². The van der Waals surface area contributed by atoms with Gasteiger partial charge in [0.05, 0.1) is 6.04 Å². The predicted molar refractivity (Wildman–Crippen MR) is 61.6 cm³/mol. The third kappa shape index (κ3) is 3.18. The molecule has 4 nitrogen and oxygen atoms in total. The van der Waals surface area contributed by atoms with E-state index in [2.05, 4.69) is 16.7 Å². The van der Waals surface area contributed by atoms with Crippen molar-refractivity contribution in [3.63, 3.8) is 0 Å². The van der Waals surface area contributed by atoms with Crippen LogP contribution in [0.1, 0.15) is 26.7 Å². The number of amides is 1. The first kappa shape index (κ1) is 12.5. The molecule has 0 aliphatic carbocycles. The highest BCUT2D eigenvalue weighted by Crippen LogP contribution is 2.17. The first-order valence-corrected chi connectivity index (χ1v) is 5.79. The van der Waals surface area contributed by atoms with E-state index < -0.39 is 0 Å². The summed E-state index contributed by atoms with van der Waals surface area (Å²) in [5, 5.41) is 0. The van der Waals surface area contributed by atoms with Crippen LogP contribution >= 0.6 is 0 Å². The molecule has 1 heterocycles. The number of primary amides is 1. The van der Waals surface area contributed by atoms with Gasteiger partial charge in [-0.15, -0.1) is 0 Å². The van der Waals surface area contributed by atoms with Gasteiger partial charge in [0.25, 0.3) is 0 Å². The third-order valence-corrected chi connectivity index (χ3v) is 3.48. The van der Waals surface area contributed by atoms with Gasteiger partial charge in [-0.2, -0.15) is 0 Å². The Morgan fingerprint density at radius 2 is 2.33 bits per heavy atom. The molecule has 0 radical (unpaired) electrons. The fraction of sp³-hybridized carbons (Fsp3) is 0.909. The summed E-state index contributed by atoms with van der Waals surface area (Å²) in [7, 11) is 1.97. The third-order valence-electron chi connectivity index (χ3n) is 3.48. The summed E-state index contributed by atoms with van der Waals surface area (Å²) in [6, 6.07) is 0.436. The Labute approximate surface area is 92.4 Å². The average molecular weight is 213 g/mol. The van der Waals surface area contributed by atoms with Crippen molar-refractivity contribution >= 4 is 5.91 Å². The summed E-state index contributed by atoms with van der Waals surface area (Å²) in [6.45, 7) is 7.30. The maximum Gasteiger partial charge on any atom is 0.234 e. The predicted octanol–water partition coefficient (Wildman–Crippen LogP) is 0.276. The summed E-state index contributed by atoms with van der Waals surface area (Å²) in [4.78, 5) is 15.6. The number of nitrogens with zero attached hydrogens (tertiary/aromatic N) is 2. The van der Waals surface area contributed by atoms with E-state index in [-0.39, 0.29) is 11.9 Å². The van der Waals surface area contributed by atoms with Crippen molar-refractivity contribution in [2.24, 2.45) is 5.73 Å². The van der Waals surface area contributed by atoms with Gasteiger partial charge in [-0.05, 0) is 39.9 Å². The van der Waals surface area contributed by atoms with Gasteiger partial charge in [-0.25, -0.2) is 0 Å². The molecule has 1 rings (SSSR count). The van der Waals surface area contributed by atoms with Gasteiger partial charge in [0, 0.05) is 12.6 Å². The van der Waals surface area contributed by atoms with E-state index in [1.165, 1.54) is 19.4 Å².